The summed E-state index contributed by atoms with van der Waals surface area (Å²) in [7, 11) is -3.56. The molecule has 13 heteroatoms. The number of piperidine rings is 1. The summed E-state index contributed by atoms with van der Waals surface area (Å²) in [5, 5.41) is 11.2. The van der Waals surface area contributed by atoms with Gasteiger partial charge in [-0.3, -0.25) is 19.2 Å². The van der Waals surface area contributed by atoms with Crippen LogP contribution in [0.15, 0.2) is 12.7 Å². The minimum Gasteiger partial charge on any atom is -0.346 e. The third kappa shape index (κ3) is 8.68. The first kappa shape index (κ1) is 38.8. The number of nitrogens with one attached hydrogen (secondary N) is 4. The van der Waals surface area contributed by atoms with Crippen LogP contribution in [-0.4, -0.2) is 90.1 Å². The van der Waals surface area contributed by atoms with Crippen LogP contribution in [0.3, 0.4) is 0 Å². The average molecular weight is 706 g/mol. The fraction of sp³-hybridized carbons (Fsp3) is 0.806. The first-order valence-corrected chi connectivity index (χ1v) is 19.5. The number of carbonyl (C=O) groups excluding carboxylic acids is 5. The maximum absolute atomic E-state index is 14.5. The standard InChI is InChI=1S/C36H59N5O7S/c1-10-18-37-30(44)27(42)24(19-22-14-15-22)38-29(43)26-25-23(35(25,8)9)20-41(26)31(45)28(33(2,3)4)39-32(46)40-36(16-12-11-13-17-36)21-49(47,48)34(5,6)7/h10,22-26,28H,1,11-21H2,2-9H3,(H,37,44)(H,38,43)(H2,39,40,46)/t23?,24?,25?,26-,28-/m1/s1. The van der Waals surface area contributed by atoms with E-state index in [1.54, 1.807) is 20.8 Å². The Bertz CT molecular complexity index is 1430. The largest absolute Gasteiger partial charge is 0.346 e. The van der Waals surface area contributed by atoms with E-state index in [9.17, 15) is 32.4 Å². The van der Waals surface area contributed by atoms with E-state index < -0.39 is 73.2 Å². The molecule has 0 aromatic rings. The van der Waals surface area contributed by atoms with E-state index in [1.807, 2.05) is 20.8 Å². The Hall–Kier alpha value is -2.96. The molecule has 0 aromatic carbocycles. The van der Waals surface area contributed by atoms with Crippen molar-refractivity contribution in [2.45, 2.75) is 135 Å². The molecular weight excluding hydrogens is 646 g/mol. The van der Waals surface area contributed by atoms with Crippen molar-refractivity contribution < 1.29 is 32.4 Å². The van der Waals surface area contributed by atoms with E-state index in [2.05, 4.69) is 41.7 Å². The molecule has 0 spiro atoms. The monoisotopic (exact) mass is 705 g/mol. The highest BCUT2D eigenvalue weighted by Crippen LogP contribution is 2.65. The molecule has 3 aliphatic carbocycles. The number of hydrogen-bond donors (Lipinski definition) is 4. The molecule has 1 saturated heterocycles. The molecule has 3 saturated carbocycles. The second-order valence-electron chi connectivity index (χ2n) is 17.6. The number of fused-ring (bicyclic) bond motifs is 1. The fourth-order valence-electron chi connectivity index (χ4n) is 7.74. The Labute approximate surface area is 292 Å². The molecule has 1 heterocycles. The van der Waals surface area contributed by atoms with Crippen LogP contribution >= 0.6 is 0 Å². The maximum atomic E-state index is 14.5. The highest BCUT2D eigenvalue weighted by molar-refractivity contribution is 7.92. The van der Waals surface area contributed by atoms with E-state index in [0.29, 0.717) is 25.8 Å². The molecule has 49 heavy (non-hydrogen) atoms. The Morgan fingerprint density at radius 1 is 0.959 bits per heavy atom. The second kappa shape index (κ2) is 14.0. The number of amides is 5. The molecule has 0 bridgehead atoms. The predicted octanol–water partition coefficient (Wildman–Crippen LogP) is 3.26. The van der Waals surface area contributed by atoms with Gasteiger partial charge >= 0.3 is 6.03 Å². The topological polar surface area (TPSA) is 171 Å². The summed E-state index contributed by atoms with van der Waals surface area (Å²) >= 11 is 0. The smallest absolute Gasteiger partial charge is 0.315 e. The van der Waals surface area contributed by atoms with Crippen LogP contribution < -0.4 is 21.3 Å². The third-order valence-electron chi connectivity index (χ3n) is 11.3. The van der Waals surface area contributed by atoms with Crippen molar-refractivity contribution in [2.24, 2.45) is 28.6 Å². The Kier molecular flexibility index (Phi) is 11.1. The second-order valence-corrected chi connectivity index (χ2v) is 20.3. The summed E-state index contributed by atoms with van der Waals surface area (Å²) in [6.45, 7) is 18.6. The quantitative estimate of drug-likeness (QED) is 0.168. The van der Waals surface area contributed by atoms with Crippen LogP contribution in [0, 0.1) is 28.6 Å². The lowest BCUT2D eigenvalue weighted by Crippen LogP contribution is -2.64. The summed E-state index contributed by atoms with van der Waals surface area (Å²) in [5.41, 5.74) is -1.92. The molecule has 12 nitrogen and oxygen atoms in total. The van der Waals surface area contributed by atoms with Crippen LogP contribution in [0.25, 0.3) is 0 Å². The number of nitrogens with zero attached hydrogens (tertiary/aromatic N) is 1. The van der Waals surface area contributed by atoms with Crippen molar-refractivity contribution in [1.82, 2.24) is 26.2 Å². The van der Waals surface area contributed by atoms with Crippen molar-refractivity contribution >= 4 is 39.4 Å². The van der Waals surface area contributed by atoms with Crippen molar-refractivity contribution in [3.63, 3.8) is 0 Å². The van der Waals surface area contributed by atoms with E-state index in [-0.39, 0.29) is 35.5 Å². The predicted molar refractivity (Wildman–Crippen MR) is 188 cm³/mol. The van der Waals surface area contributed by atoms with Crippen LogP contribution in [-0.2, 0) is 29.0 Å². The van der Waals surface area contributed by atoms with Gasteiger partial charge < -0.3 is 26.2 Å². The van der Waals surface area contributed by atoms with E-state index in [0.717, 1.165) is 32.1 Å². The fourth-order valence-corrected chi connectivity index (χ4v) is 9.26. The molecule has 4 fully saturated rings. The van der Waals surface area contributed by atoms with Gasteiger partial charge in [0, 0.05) is 13.1 Å². The number of urea groups is 1. The van der Waals surface area contributed by atoms with Gasteiger partial charge in [-0.05, 0) is 68.6 Å². The minimum absolute atomic E-state index is 0.0585. The number of likely N-dealkylation sites (tertiary alicyclic amines) is 1. The number of rotatable bonds is 13. The van der Waals surface area contributed by atoms with Crippen LogP contribution in [0.5, 0.6) is 0 Å². The number of ketones is 1. The summed E-state index contributed by atoms with van der Waals surface area (Å²) in [5.74, 6) is -2.44. The van der Waals surface area contributed by atoms with Gasteiger partial charge in [-0.1, -0.05) is 72.8 Å². The van der Waals surface area contributed by atoms with Gasteiger partial charge in [0.05, 0.1) is 22.1 Å². The van der Waals surface area contributed by atoms with Crippen LogP contribution in [0.4, 0.5) is 4.79 Å². The summed E-state index contributed by atoms with van der Waals surface area (Å²) in [6, 6.07) is -3.54. The molecule has 3 unspecified atom stereocenters. The molecule has 276 valence electrons. The zero-order valence-corrected chi connectivity index (χ0v) is 31.6. The Balaban J connectivity index is 1.55. The molecule has 0 aromatic heterocycles. The maximum Gasteiger partial charge on any atom is 0.315 e. The van der Waals surface area contributed by atoms with Gasteiger partial charge in [0.1, 0.15) is 12.1 Å². The van der Waals surface area contributed by atoms with Crippen molar-refractivity contribution in [1.29, 1.82) is 0 Å². The normalized spacial score (nSPS) is 25.6. The highest BCUT2D eigenvalue weighted by Gasteiger charge is 2.70. The summed E-state index contributed by atoms with van der Waals surface area (Å²) in [4.78, 5) is 69.6. The highest BCUT2D eigenvalue weighted by atomic mass is 32.2. The van der Waals surface area contributed by atoms with E-state index >= 15 is 0 Å². The summed E-state index contributed by atoms with van der Waals surface area (Å²) < 4.78 is 25.6. The van der Waals surface area contributed by atoms with Gasteiger partial charge in [-0.2, -0.15) is 0 Å². The lowest BCUT2D eigenvalue weighted by molar-refractivity contribution is -0.145. The molecule has 1 aliphatic heterocycles. The zero-order valence-electron chi connectivity index (χ0n) is 30.7. The van der Waals surface area contributed by atoms with Crippen LogP contribution in [0.2, 0.25) is 0 Å². The molecular formula is C36H59N5O7S. The average Bonchev–Trinajstić information content (AvgIpc) is 3.84. The number of hydrogen-bond acceptors (Lipinski definition) is 7. The molecule has 4 rings (SSSR count). The van der Waals surface area contributed by atoms with E-state index in [1.165, 1.54) is 11.0 Å². The van der Waals surface area contributed by atoms with Crippen molar-refractivity contribution in [2.75, 3.05) is 18.8 Å². The molecule has 0 radical (unpaired) electrons. The third-order valence-corrected chi connectivity index (χ3v) is 14.1. The van der Waals surface area contributed by atoms with Gasteiger partial charge in [0.2, 0.25) is 17.6 Å². The lowest BCUT2D eigenvalue weighted by Gasteiger charge is -2.41. The first-order chi connectivity index (χ1) is 22.5. The minimum atomic E-state index is -3.56. The molecule has 5 amide bonds. The van der Waals surface area contributed by atoms with Crippen LogP contribution in [0.1, 0.15) is 107 Å². The molecule has 4 N–H and O–H groups in total. The van der Waals surface area contributed by atoms with Crippen molar-refractivity contribution in [3.8, 4) is 0 Å². The van der Waals surface area contributed by atoms with E-state index in [4.69, 9.17) is 0 Å². The zero-order chi connectivity index (χ0) is 36.7. The lowest BCUT2D eigenvalue weighted by atomic mass is 9.83. The molecule has 4 aliphatic rings. The Morgan fingerprint density at radius 3 is 2.10 bits per heavy atom. The first-order valence-electron chi connectivity index (χ1n) is 17.9. The Morgan fingerprint density at radius 2 is 1.57 bits per heavy atom. The van der Waals surface area contributed by atoms with Gasteiger partial charge in [-0.15, -0.1) is 6.58 Å². The number of sulfone groups is 1. The molecule has 5 atom stereocenters. The summed E-state index contributed by atoms with van der Waals surface area (Å²) in [6.07, 6.45) is 7.21. The van der Waals surface area contributed by atoms with Gasteiger partial charge in [-0.25, -0.2) is 13.2 Å². The van der Waals surface area contributed by atoms with Gasteiger partial charge in [0.15, 0.2) is 9.84 Å². The van der Waals surface area contributed by atoms with Crippen molar-refractivity contribution in [3.05, 3.63) is 12.7 Å². The number of carbonyl (C=O) groups is 5. The number of Topliss-reactive ketones (excluding diaryl/α,β-unsaturated/α-hetero) is 1. The van der Waals surface area contributed by atoms with Gasteiger partial charge in [0.25, 0.3) is 5.91 Å². The SMILES string of the molecule is C=CCNC(=O)C(=O)C(CC1CC1)NC(=O)[C@H]1C2C(CN1C(=O)[C@@H](NC(=O)NC1(CS(=O)(=O)C(C)(C)C)CCCCC1)C(C)(C)C)C2(C)C.